The maximum Gasteiger partial charge on any atom is 0.341 e. The van der Waals surface area contributed by atoms with Crippen molar-refractivity contribution in [2.75, 3.05) is 12.3 Å². The molecule has 2 heterocycles. The third kappa shape index (κ3) is 2.14. The Bertz CT molecular complexity index is 586. The summed E-state index contributed by atoms with van der Waals surface area (Å²) in [7, 11) is 0. The van der Waals surface area contributed by atoms with Gasteiger partial charge < -0.3 is 10.5 Å². The number of halogens is 1. The molecule has 0 unspecified atom stereocenters. The number of carbonyl (C=O) groups excluding carboxylic acids is 1. The fourth-order valence-corrected chi connectivity index (χ4v) is 1.66. The Balaban J connectivity index is 2.60. The smallest absolute Gasteiger partial charge is 0.341 e. The number of esters is 1. The molecule has 88 valence electrons. The van der Waals surface area contributed by atoms with Crippen molar-refractivity contribution in [2.45, 2.75) is 6.92 Å². The minimum atomic E-state index is -0.493. The van der Waals surface area contributed by atoms with E-state index in [0.717, 1.165) is 0 Å². The zero-order valence-corrected chi connectivity index (χ0v) is 9.86. The molecule has 5 nitrogen and oxygen atoms in total. The summed E-state index contributed by atoms with van der Waals surface area (Å²) >= 11 is 5.88. The number of hydrogen-bond acceptors (Lipinski definition) is 5. The normalized spacial score (nSPS) is 10.5. The Morgan fingerprint density at radius 1 is 1.59 bits per heavy atom. The van der Waals surface area contributed by atoms with Gasteiger partial charge in [-0.3, -0.25) is 0 Å². The van der Waals surface area contributed by atoms with Gasteiger partial charge in [0.05, 0.1) is 6.61 Å². The van der Waals surface area contributed by atoms with Crippen LogP contribution in [0.15, 0.2) is 18.3 Å². The van der Waals surface area contributed by atoms with Crippen molar-refractivity contribution in [1.82, 2.24) is 9.97 Å². The Morgan fingerprint density at radius 2 is 2.35 bits per heavy atom. The lowest BCUT2D eigenvalue weighted by molar-refractivity contribution is 0.0527. The number of hydrogen-bond donors (Lipinski definition) is 1. The van der Waals surface area contributed by atoms with Gasteiger partial charge >= 0.3 is 5.97 Å². The highest BCUT2D eigenvalue weighted by Crippen LogP contribution is 2.23. The molecular formula is C11H10ClN3O2. The monoisotopic (exact) mass is 251 g/mol. The van der Waals surface area contributed by atoms with Gasteiger partial charge in [0.1, 0.15) is 16.9 Å². The van der Waals surface area contributed by atoms with E-state index < -0.39 is 5.97 Å². The second kappa shape index (κ2) is 4.55. The van der Waals surface area contributed by atoms with E-state index in [-0.39, 0.29) is 23.1 Å². The number of anilines is 1. The van der Waals surface area contributed by atoms with Gasteiger partial charge in [0.25, 0.3) is 0 Å². The number of rotatable bonds is 2. The van der Waals surface area contributed by atoms with Crippen LogP contribution in [0.4, 0.5) is 5.82 Å². The van der Waals surface area contributed by atoms with Crippen LogP contribution >= 0.6 is 11.6 Å². The van der Waals surface area contributed by atoms with Crippen molar-refractivity contribution in [3.05, 3.63) is 29.0 Å². The van der Waals surface area contributed by atoms with Crippen molar-refractivity contribution in [1.29, 1.82) is 0 Å². The molecule has 6 heteroatoms. The predicted molar refractivity (Wildman–Crippen MR) is 64.9 cm³/mol. The molecule has 0 aliphatic carbocycles. The van der Waals surface area contributed by atoms with Gasteiger partial charge in [0, 0.05) is 11.6 Å². The van der Waals surface area contributed by atoms with Crippen molar-refractivity contribution < 1.29 is 9.53 Å². The summed E-state index contributed by atoms with van der Waals surface area (Å²) in [6.45, 7) is 2.01. The summed E-state index contributed by atoms with van der Waals surface area (Å²) in [5.41, 5.74) is 6.40. The molecule has 0 radical (unpaired) electrons. The van der Waals surface area contributed by atoms with Crippen LogP contribution in [0.25, 0.3) is 10.9 Å². The maximum atomic E-state index is 11.6. The Kier molecular flexibility index (Phi) is 3.10. The standard InChI is InChI=1S/C11H10ClN3O2/c1-2-17-11(16)7-5-6-3-4-14-9(12)8(6)15-10(7)13/h3-5H,2H2,1H3,(H2,13,15). The van der Waals surface area contributed by atoms with Gasteiger partial charge in [0.2, 0.25) is 0 Å². The summed E-state index contributed by atoms with van der Waals surface area (Å²) in [5, 5.41) is 0.951. The van der Waals surface area contributed by atoms with Gasteiger partial charge in [-0.25, -0.2) is 14.8 Å². The number of ether oxygens (including phenoxy) is 1. The van der Waals surface area contributed by atoms with E-state index in [9.17, 15) is 4.79 Å². The van der Waals surface area contributed by atoms with Crippen molar-refractivity contribution in [3.8, 4) is 0 Å². The van der Waals surface area contributed by atoms with E-state index in [1.807, 2.05) is 0 Å². The molecule has 0 saturated heterocycles. The van der Waals surface area contributed by atoms with Crippen molar-refractivity contribution in [2.24, 2.45) is 0 Å². The lowest BCUT2D eigenvalue weighted by Crippen LogP contribution is -2.09. The van der Waals surface area contributed by atoms with Crippen molar-refractivity contribution >= 4 is 34.3 Å². The van der Waals surface area contributed by atoms with Crippen LogP contribution in [-0.4, -0.2) is 22.5 Å². The van der Waals surface area contributed by atoms with Crippen molar-refractivity contribution in [3.63, 3.8) is 0 Å². The quantitative estimate of drug-likeness (QED) is 0.653. The minimum Gasteiger partial charge on any atom is -0.462 e. The molecule has 17 heavy (non-hydrogen) atoms. The molecule has 0 aromatic carbocycles. The third-order valence-electron chi connectivity index (χ3n) is 2.21. The number of nitrogen functional groups attached to an aromatic ring is 1. The zero-order chi connectivity index (χ0) is 12.4. The van der Waals surface area contributed by atoms with Gasteiger partial charge in [-0.1, -0.05) is 11.6 Å². The van der Waals surface area contributed by atoms with Gasteiger partial charge in [0.15, 0.2) is 5.15 Å². The van der Waals surface area contributed by atoms with Crippen LogP contribution in [0.1, 0.15) is 17.3 Å². The van der Waals surface area contributed by atoms with E-state index in [2.05, 4.69) is 9.97 Å². The molecule has 0 atom stereocenters. The summed E-state index contributed by atoms with van der Waals surface area (Å²) in [5.74, 6) is -0.404. The Hall–Kier alpha value is -1.88. The lowest BCUT2D eigenvalue weighted by Gasteiger charge is -2.06. The molecule has 2 aromatic rings. The molecule has 0 bridgehead atoms. The number of pyridine rings is 2. The fourth-order valence-electron chi connectivity index (χ4n) is 1.45. The molecule has 2 aromatic heterocycles. The highest BCUT2D eigenvalue weighted by atomic mass is 35.5. The molecule has 0 aliphatic rings. The van der Waals surface area contributed by atoms with Gasteiger partial charge in [-0.15, -0.1) is 0 Å². The fraction of sp³-hybridized carbons (Fsp3) is 0.182. The molecule has 2 rings (SSSR count). The van der Waals surface area contributed by atoms with E-state index in [4.69, 9.17) is 22.1 Å². The van der Waals surface area contributed by atoms with Gasteiger partial charge in [-0.05, 0) is 19.1 Å². The number of nitrogens with two attached hydrogens (primary N) is 1. The molecule has 0 fully saturated rings. The number of aromatic nitrogens is 2. The highest BCUT2D eigenvalue weighted by Gasteiger charge is 2.14. The second-order valence-corrected chi connectivity index (χ2v) is 3.67. The Morgan fingerprint density at radius 3 is 3.06 bits per heavy atom. The van der Waals surface area contributed by atoms with Gasteiger partial charge in [-0.2, -0.15) is 0 Å². The molecule has 0 spiro atoms. The first kappa shape index (κ1) is 11.6. The average molecular weight is 252 g/mol. The lowest BCUT2D eigenvalue weighted by atomic mass is 10.2. The second-order valence-electron chi connectivity index (χ2n) is 3.32. The average Bonchev–Trinajstić information content (AvgIpc) is 2.30. The first-order valence-corrected chi connectivity index (χ1v) is 5.39. The number of nitrogens with zero attached hydrogens (tertiary/aromatic N) is 2. The van der Waals surface area contributed by atoms with E-state index in [0.29, 0.717) is 10.9 Å². The zero-order valence-electron chi connectivity index (χ0n) is 9.11. The molecular weight excluding hydrogens is 242 g/mol. The number of carbonyl (C=O) groups is 1. The third-order valence-corrected chi connectivity index (χ3v) is 2.49. The van der Waals surface area contributed by atoms with Crippen LogP contribution in [0, 0.1) is 0 Å². The predicted octanol–water partition coefficient (Wildman–Crippen LogP) is 2.04. The van der Waals surface area contributed by atoms with E-state index >= 15 is 0 Å². The van der Waals surface area contributed by atoms with E-state index in [1.54, 1.807) is 19.1 Å². The van der Waals surface area contributed by atoms with Crippen LogP contribution in [0.2, 0.25) is 5.15 Å². The highest BCUT2D eigenvalue weighted by molar-refractivity contribution is 6.33. The van der Waals surface area contributed by atoms with Crippen LogP contribution in [0.3, 0.4) is 0 Å². The van der Waals surface area contributed by atoms with Crippen LogP contribution in [-0.2, 0) is 4.74 Å². The first-order valence-electron chi connectivity index (χ1n) is 5.01. The molecule has 2 N–H and O–H groups in total. The van der Waals surface area contributed by atoms with Crippen LogP contribution in [0.5, 0.6) is 0 Å². The SMILES string of the molecule is CCOC(=O)c1cc2ccnc(Cl)c2nc1N. The maximum absolute atomic E-state index is 11.6. The number of fused-ring (bicyclic) bond motifs is 1. The summed E-state index contributed by atoms with van der Waals surface area (Å²) in [6, 6.07) is 3.31. The molecule has 0 aliphatic heterocycles. The molecule has 0 saturated carbocycles. The first-order chi connectivity index (χ1) is 8.13. The summed E-state index contributed by atoms with van der Waals surface area (Å²) < 4.78 is 4.88. The Labute approximate surface area is 103 Å². The van der Waals surface area contributed by atoms with E-state index in [1.165, 1.54) is 6.20 Å². The molecule has 0 amide bonds. The topological polar surface area (TPSA) is 78.1 Å². The van der Waals surface area contributed by atoms with Crippen LogP contribution < -0.4 is 5.73 Å². The summed E-state index contributed by atoms with van der Waals surface area (Å²) in [6.07, 6.45) is 1.54. The largest absolute Gasteiger partial charge is 0.462 e. The minimum absolute atomic E-state index is 0.0888. The summed E-state index contributed by atoms with van der Waals surface area (Å²) in [4.78, 5) is 19.6.